The van der Waals surface area contributed by atoms with Crippen LogP contribution in [-0.2, 0) is 6.42 Å². The van der Waals surface area contributed by atoms with E-state index in [-0.39, 0.29) is 12.1 Å². The number of benzene rings is 2. The van der Waals surface area contributed by atoms with Gasteiger partial charge in [-0.3, -0.25) is 14.6 Å². The number of carbonyl (C=O) groups is 2. The van der Waals surface area contributed by atoms with Crippen LogP contribution in [0.15, 0.2) is 72.9 Å². The fraction of sp³-hybridized carbons (Fsp3) is 0.240. The van der Waals surface area contributed by atoms with Gasteiger partial charge in [-0.1, -0.05) is 42.5 Å². The first kappa shape index (κ1) is 22.9. The van der Waals surface area contributed by atoms with Crippen LogP contribution in [-0.4, -0.2) is 47.2 Å². The van der Waals surface area contributed by atoms with Gasteiger partial charge in [0.1, 0.15) is 19.3 Å². The lowest BCUT2D eigenvalue weighted by Gasteiger charge is -2.45. The number of rotatable bonds is 5. The molecule has 4 N–H and O–H groups in total. The minimum absolute atomic E-state index is 0.193. The van der Waals surface area contributed by atoms with Gasteiger partial charge >= 0.3 is 6.09 Å². The second-order valence-electron chi connectivity index (χ2n) is 8.66. The fourth-order valence-electron chi connectivity index (χ4n) is 4.43. The summed E-state index contributed by atoms with van der Waals surface area (Å²) in [6, 6.07) is 19.7. The van der Waals surface area contributed by atoms with Gasteiger partial charge in [0.15, 0.2) is 0 Å². The molecule has 176 valence electrons. The molecule has 4 rings (SSSR count). The molecule has 0 saturated carbocycles. The Hall–Kier alpha value is -4.27. The number of nitrogens with two attached hydrogens (primary N) is 1. The molecule has 0 unspecified atom stereocenters. The normalized spacial score (nSPS) is 17.9. The van der Waals surface area contributed by atoms with Crippen LogP contribution in [0.4, 0.5) is 22.0 Å². The lowest BCUT2D eigenvalue weighted by molar-refractivity contribution is -0.592. The lowest BCUT2D eigenvalue weighted by atomic mass is 9.88. The minimum atomic E-state index is -0.986. The Kier molecular flexibility index (Phi) is 6.27. The number of para-hydroxylation sites is 2. The molecule has 0 bridgehead atoms. The van der Waals surface area contributed by atoms with Crippen LogP contribution in [0.2, 0.25) is 0 Å². The van der Waals surface area contributed by atoms with Crippen LogP contribution < -0.4 is 20.7 Å². The smallest absolute Gasteiger partial charge is 0.408 e. The number of carboxylic acid groups (broad SMARTS) is 1. The van der Waals surface area contributed by atoms with Crippen molar-refractivity contribution in [2.24, 2.45) is 0 Å². The van der Waals surface area contributed by atoms with Crippen LogP contribution >= 0.6 is 0 Å². The maximum absolute atomic E-state index is 12.9. The molecule has 9 heteroatoms. The number of hydrogen-bond donors (Lipinski definition) is 3. The molecule has 1 fully saturated rings. The summed E-state index contributed by atoms with van der Waals surface area (Å²) in [5, 5.41) is 25.4. The highest BCUT2D eigenvalue weighted by atomic mass is 16.5. The highest BCUT2D eigenvalue weighted by Crippen LogP contribution is 2.28. The summed E-state index contributed by atoms with van der Waals surface area (Å²) in [5.41, 5.74) is 7.24. The first-order valence-electron chi connectivity index (χ1n) is 11.0. The molecule has 1 aliphatic rings. The van der Waals surface area contributed by atoms with E-state index in [0.29, 0.717) is 41.4 Å². The number of pyridine rings is 1. The van der Waals surface area contributed by atoms with Gasteiger partial charge in [0.2, 0.25) is 0 Å². The molecule has 1 aliphatic heterocycles. The highest BCUT2D eigenvalue weighted by Gasteiger charge is 2.44. The Morgan fingerprint density at radius 1 is 1.09 bits per heavy atom. The fourth-order valence-corrected chi connectivity index (χ4v) is 4.43. The van der Waals surface area contributed by atoms with Crippen molar-refractivity contribution in [2.75, 3.05) is 35.6 Å². The predicted molar refractivity (Wildman–Crippen MR) is 130 cm³/mol. The van der Waals surface area contributed by atoms with Gasteiger partial charge in [0, 0.05) is 6.07 Å². The number of hydrogen-bond acceptors (Lipinski definition) is 5. The van der Waals surface area contributed by atoms with Crippen LogP contribution in [0, 0.1) is 5.21 Å². The molecule has 0 radical (unpaired) electrons. The van der Waals surface area contributed by atoms with Crippen LogP contribution in [0.1, 0.15) is 22.8 Å². The predicted octanol–water partition coefficient (Wildman–Crippen LogP) is 2.96. The van der Waals surface area contributed by atoms with Crippen LogP contribution in [0.25, 0.3) is 0 Å². The summed E-state index contributed by atoms with van der Waals surface area (Å²) < 4.78 is 0.655. The van der Waals surface area contributed by atoms with E-state index in [1.807, 2.05) is 42.2 Å². The Morgan fingerprint density at radius 3 is 2.47 bits per heavy atom. The number of carbonyl (C=O) groups excluding carboxylic acids is 1. The zero-order chi connectivity index (χ0) is 24.3. The first-order valence-corrected chi connectivity index (χ1v) is 11.0. The Bertz CT molecular complexity index is 1200. The van der Waals surface area contributed by atoms with E-state index in [2.05, 4.69) is 5.32 Å². The van der Waals surface area contributed by atoms with Crippen molar-refractivity contribution in [3.8, 4) is 0 Å². The number of amides is 2. The summed E-state index contributed by atoms with van der Waals surface area (Å²) in [5.74, 6) is -0.0845. The molecule has 2 aromatic carbocycles. The van der Waals surface area contributed by atoms with Gasteiger partial charge in [0.05, 0.1) is 29.0 Å². The largest absolute Gasteiger partial charge is 0.711 e. The van der Waals surface area contributed by atoms with Crippen molar-refractivity contribution in [3.05, 3.63) is 89.3 Å². The SMILES string of the molecule is C[C@]1(Cc2ccccc2)CN(c2ccc(C(=O)Nc3ccccc3N)c[n+]2[O-])CCN1C(=O)O. The van der Waals surface area contributed by atoms with Crippen LogP contribution in [0.5, 0.6) is 0 Å². The van der Waals surface area contributed by atoms with E-state index < -0.39 is 17.5 Å². The molecule has 34 heavy (non-hydrogen) atoms. The van der Waals surface area contributed by atoms with Gasteiger partial charge in [-0.2, -0.15) is 0 Å². The van der Waals surface area contributed by atoms with Gasteiger partial charge in [-0.15, -0.1) is 0 Å². The number of anilines is 3. The average Bonchev–Trinajstić information content (AvgIpc) is 2.80. The summed E-state index contributed by atoms with van der Waals surface area (Å²) in [6.07, 6.45) is 0.747. The highest BCUT2D eigenvalue weighted by molar-refractivity contribution is 6.05. The maximum atomic E-state index is 12.9. The van der Waals surface area contributed by atoms with Crippen molar-refractivity contribution in [1.82, 2.24) is 4.90 Å². The number of aromatic nitrogens is 1. The number of nitrogens with zero attached hydrogens (tertiary/aromatic N) is 3. The molecule has 0 aliphatic carbocycles. The quantitative estimate of drug-likeness (QED) is 0.305. The first-order chi connectivity index (χ1) is 16.3. The second kappa shape index (κ2) is 9.30. The van der Waals surface area contributed by atoms with E-state index in [1.54, 1.807) is 36.4 Å². The third-order valence-electron chi connectivity index (χ3n) is 6.12. The summed E-state index contributed by atoms with van der Waals surface area (Å²) >= 11 is 0. The molecule has 0 spiro atoms. The monoisotopic (exact) mass is 461 g/mol. The Balaban J connectivity index is 1.55. The average molecular weight is 462 g/mol. The van der Waals surface area contributed by atoms with Crippen molar-refractivity contribution in [1.29, 1.82) is 0 Å². The number of piperazine rings is 1. The standard InChI is InChI=1S/C25H27N5O4/c1-25(15-18-7-3-2-4-8-18)17-28(13-14-29(25)24(32)33)22-12-11-19(16-30(22)34)23(31)27-21-10-6-5-9-20(21)26/h2-12,16H,13-15,17,26H2,1H3,(H,27,31)(H,32,33)/t25-/m0/s1. The van der Waals surface area contributed by atoms with E-state index in [4.69, 9.17) is 5.73 Å². The Labute approximate surface area is 197 Å². The lowest BCUT2D eigenvalue weighted by Crippen LogP contribution is -2.64. The molecular weight excluding hydrogens is 434 g/mol. The zero-order valence-electron chi connectivity index (χ0n) is 18.8. The molecule has 1 atom stereocenters. The minimum Gasteiger partial charge on any atom is -0.711 e. The summed E-state index contributed by atoms with van der Waals surface area (Å²) in [6.45, 7) is 2.85. The third kappa shape index (κ3) is 4.73. The second-order valence-corrected chi connectivity index (χ2v) is 8.66. The van der Waals surface area contributed by atoms with Crippen molar-refractivity contribution < 1.29 is 19.4 Å². The third-order valence-corrected chi connectivity index (χ3v) is 6.12. The topological polar surface area (TPSA) is 126 Å². The zero-order valence-corrected chi connectivity index (χ0v) is 18.8. The van der Waals surface area contributed by atoms with E-state index in [1.165, 1.54) is 11.1 Å². The van der Waals surface area contributed by atoms with Gasteiger partial charge in [-0.05, 0) is 37.1 Å². The summed E-state index contributed by atoms with van der Waals surface area (Å²) in [4.78, 5) is 27.9. The summed E-state index contributed by atoms with van der Waals surface area (Å²) in [7, 11) is 0. The van der Waals surface area contributed by atoms with E-state index >= 15 is 0 Å². The molecule has 1 aromatic heterocycles. The molecule has 3 aromatic rings. The molecule has 1 saturated heterocycles. The molecule has 2 heterocycles. The Morgan fingerprint density at radius 2 is 1.79 bits per heavy atom. The van der Waals surface area contributed by atoms with Crippen molar-refractivity contribution >= 4 is 29.2 Å². The number of nitrogen functional groups attached to an aromatic ring is 1. The van der Waals surface area contributed by atoms with E-state index in [0.717, 1.165) is 5.56 Å². The van der Waals surface area contributed by atoms with Gasteiger partial charge < -0.3 is 21.4 Å². The maximum Gasteiger partial charge on any atom is 0.408 e. The van der Waals surface area contributed by atoms with Crippen LogP contribution in [0.3, 0.4) is 0 Å². The van der Waals surface area contributed by atoms with Crippen molar-refractivity contribution in [3.63, 3.8) is 0 Å². The van der Waals surface area contributed by atoms with Gasteiger partial charge in [-0.25, -0.2) is 9.52 Å². The number of nitrogens with one attached hydrogen (secondary N) is 1. The van der Waals surface area contributed by atoms with E-state index in [9.17, 15) is 19.9 Å². The van der Waals surface area contributed by atoms with Crippen molar-refractivity contribution in [2.45, 2.75) is 18.9 Å². The molecule has 9 nitrogen and oxygen atoms in total. The van der Waals surface area contributed by atoms with Gasteiger partial charge in [0.25, 0.3) is 11.7 Å². The molecular formula is C25H27N5O4. The molecule has 2 amide bonds.